The molecule has 1 aliphatic rings. The van der Waals surface area contributed by atoms with E-state index in [1.807, 2.05) is 30.3 Å². The van der Waals surface area contributed by atoms with Crippen LogP contribution in [0.1, 0.15) is 33.3 Å². The number of ether oxygens (including phenoxy) is 4. The first-order valence-corrected chi connectivity index (χ1v) is 10.4. The first-order chi connectivity index (χ1) is 15.0. The molecule has 9 heteroatoms. The Balaban J connectivity index is 2.19. The van der Waals surface area contributed by atoms with Gasteiger partial charge in [-0.15, -0.1) is 0 Å². The molecule has 0 aromatic heterocycles. The van der Waals surface area contributed by atoms with Crippen molar-refractivity contribution in [1.82, 2.24) is 5.32 Å². The second-order valence-corrected chi connectivity index (χ2v) is 8.57. The van der Waals surface area contributed by atoms with E-state index in [0.29, 0.717) is 6.42 Å². The van der Waals surface area contributed by atoms with E-state index < -0.39 is 41.9 Å². The van der Waals surface area contributed by atoms with Crippen LogP contribution in [0.2, 0.25) is 0 Å². The van der Waals surface area contributed by atoms with Gasteiger partial charge in [0.25, 0.3) is 0 Å². The second-order valence-electron chi connectivity index (χ2n) is 8.57. The molecule has 0 saturated carbocycles. The monoisotopic (exact) mass is 449 g/mol. The van der Waals surface area contributed by atoms with Crippen molar-refractivity contribution < 1.29 is 38.4 Å². The smallest absolute Gasteiger partial charge is 0.408 e. The van der Waals surface area contributed by atoms with Gasteiger partial charge in [0, 0.05) is 5.92 Å². The molecule has 32 heavy (non-hydrogen) atoms. The molecular formula is C23H31NO8. The number of carboxylic acid groups (broad SMARTS) is 1. The summed E-state index contributed by atoms with van der Waals surface area (Å²) in [6.07, 6.45) is 0.332. The van der Waals surface area contributed by atoms with E-state index in [2.05, 4.69) is 5.32 Å². The second kappa shape index (κ2) is 11.5. The standard InChI is InChI=1S/C23H31NO8/c1-15-20(30-11-10-19(25)26)17(12-16-8-6-5-7-9-16)13-29-14-18(21(27)31-15)24-22(28)32-23(2,3)4/h5-11,15,17-18,20H,12-14H2,1-4H3,(H,24,28)(H,25,26)/t15-,17-,18-,20-/m0/s1. The highest BCUT2D eigenvalue weighted by Gasteiger charge is 2.36. The lowest BCUT2D eigenvalue weighted by Crippen LogP contribution is -2.47. The van der Waals surface area contributed by atoms with Crippen LogP contribution in [0.3, 0.4) is 0 Å². The van der Waals surface area contributed by atoms with Gasteiger partial charge < -0.3 is 29.4 Å². The van der Waals surface area contributed by atoms with Gasteiger partial charge in [-0.1, -0.05) is 30.3 Å². The van der Waals surface area contributed by atoms with Gasteiger partial charge in [0.05, 0.1) is 25.6 Å². The molecule has 1 aliphatic heterocycles. The molecular weight excluding hydrogens is 418 g/mol. The summed E-state index contributed by atoms with van der Waals surface area (Å²) >= 11 is 0. The summed E-state index contributed by atoms with van der Waals surface area (Å²) in [5.74, 6) is -2.10. The van der Waals surface area contributed by atoms with Gasteiger partial charge in [-0.25, -0.2) is 14.4 Å². The Bertz CT molecular complexity index is 802. The van der Waals surface area contributed by atoms with E-state index in [1.54, 1.807) is 27.7 Å². The summed E-state index contributed by atoms with van der Waals surface area (Å²) in [7, 11) is 0. The summed E-state index contributed by atoms with van der Waals surface area (Å²) in [5.41, 5.74) is 0.301. The highest BCUT2D eigenvalue weighted by atomic mass is 16.6. The van der Waals surface area contributed by atoms with Crippen molar-refractivity contribution in [2.75, 3.05) is 13.2 Å². The Kier molecular flexibility index (Phi) is 9.07. The lowest BCUT2D eigenvalue weighted by molar-refractivity contribution is -0.157. The largest absolute Gasteiger partial charge is 0.494 e. The molecule has 0 aliphatic carbocycles. The van der Waals surface area contributed by atoms with Crippen LogP contribution >= 0.6 is 0 Å². The Morgan fingerprint density at radius 3 is 2.53 bits per heavy atom. The average molecular weight is 450 g/mol. The number of cyclic esters (lactones) is 1. The number of hydrogen-bond acceptors (Lipinski definition) is 7. The van der Waals surface area contributed by atoms with Crippen molar-refractivity contribution in [3.8, 4) is 0 Å². The number of carbonyl (C=O) groups is 3. The molecule has 1 aromatic rings. The van der Waals surface area contributed by atoms with Crippen LogP contribution in [0.5, 0.6) is 0 Å². The fourth-order valence-electron chi connectivity index (χ4n) is 3.27. The molecule has 176 valence electrons. The number of carbonyl (C=O) groups excluding carboxylic acids is 2. The number of alkyl carbamates (subject to hydrolysis) is 1. The lowest BCUT2D eigenvalue weighted by Gasteiger charge is -2.30. The molecule has 1 heterocycles. The number of rotatable bonds is 6. The summed E-state index contributed by atoms with van der Waals surface area (Å²) in [5, 5.41) is 11.4. The van der Waals surface area contributed by atoms with Gasteiger partial charge in [-0.05, 0) is 39.7 Å². The SMILES string of the molecule is C[C@@H]1OC(=O)[C@@H](NC(=O)OC(C)(C)C)COC[C@H](Cc2ccccc2)[C@H]1OC=CC(=O)O. The number of hydrogen-bond donors (Lipinski definition) is 2. The Labute approximate surface area is 187 Å². The van der Waals surface area contributed by atoms with Crippen LogP contribution < -0.4 is 5.32 Å². The van der Waals surface area contributed by atoms with Crippen molar-refractivity contribution in [2.45, 2.75) is 58.0 Å². The molecule has 1 aromatic carbocycles. The van der Waals surface area contributed by atoms with Crippen LogP contribution in [0.25, 0.3) is 0 Å². The minimum Gasteiger partial charge on any atom is -0.494 e. The fourth-order valence-corrected chi connectivity index (χ4v) is 3.27. The molecule has 1 amide bonds. The van der Waals surface area contributed by atoms with Crippen molar-refractivity contribution in [2.24, 2.45) is 5.92 Å². The highest BCUT2D eigenvalue weighted by Crippen LogP contribution is 2.23. The Morgan fingerprint density at radius 2 is 1.91 bits per heavy atom. The van der Waals surface area contributed by atoms with Crippen LogP contribution in [0.4, 0.5) is 4.79 Å². The quantitative estimate of drug-likeness (QED) is 0.386. The zero-order valence-electron chi connectivity index (χ0n) is 18.8. The Hall–Kier alpha value is -3.07. The molecule has 2 N–H and O–H groups in total. The molecule has 9 nitrogen and oxygen atoms in total. The minimum absolute atomic E-state index is 0.103. The molecule has 0 unspecified atom stereocenters. The van der Waals surface area contributed by atoms with Gasteiger partial charge in [0.2, 0.25) is 0 Å². The lowest BCUT2D eigenvalue weighted by atomic mass is 9.91. The molecule has 0 bridgehead atoms. The van der Waals surface area contributed by atoms with Crippen LogP contribution in [-0.2, 0) is 35.0 Å². The summed E-state index contributed by atoms with van der Waals surface area (Å²) < 4.78 is 22.2. The number of esters is 1. The minimum atomic E-state index is -1.16. The first kappa shape index (κ1) is 25.2. The van der Waals surface area contributed by atoms with Gasteiger partial charge in [0.15, 0.2) is 6.04 Å². The maximum Gasteiger partial charge on any atom is 0.408 e. The molecule has 0 spiro atoms. The zero-order chi connectivity index (χ0) is 23.7. The van der Waals surface area contributed by atoms with Crippen LogP contribution in [-0.4, -0.2) is 60.2 Å². The van der Waals surface area contributed by atoms with Crippen molar-refractivity contribution in [3.63, 3.8) is 0 Å². The van der Waals surface area contributed by atoms with E-state index in [0.717, 1.165) is 17.9 Å². The van der Waals surface area contributed by atoms with Crippen LogP contribution in [0, 0.1) is 5.92 Å². The predicted molar refractivity (Wildman–Crippen MR) is 115 cm³/mol. The van der Waals surface area contributed by atoms with Gasteiger partial charge in [0.1, 0.15) is 17.8 Å². The Morgan fingerprint density at radius 1 is 1.22 bits per heavy atom. The van der Waals surface area contributed by atoms with E-state index in [-0.39, 0.29) is 19.1 Å². The summed E-state index contributed by atoms with van der Waals surface area (Å²) in [6.45, 7) is 6.90. The first-order valence-electron chi connectivity index (χ1n) is 10.4. The number of benzene rings is 1. The third kappa shape index (κ3) is 8.58. The third-order valence-electron chi connectivity index (χ3n) is 4.61. The third-order valence-corrected chi connectivity index (χ3v) is 4.61. The predicted octanol–water partition coefficient (Wildman–Crippen LogP) is 2.68. The van der Waals surface area contributed by atoms with E-state index in [4.69, 9.17) is 24.1 Å². The van der Waals surface area contributed by atoms with Crippen molar-refractivity contribution in [3.05, 3.63) is 48.2 Å². The van der Waals surface area contributed by atoms with Crippen molar-refractivity contribution in [1.29, 1.82) is 0 Å². The number of amides is 1. The van der Waals surface area contributed by atoms with Gasteiger partial charge in [-0.3, -0.25) is 0 Å². The molecule has 1 fully saturated rings. The molecule has 2 rings (SSSR count). The topological polar surface area (TPSA) is 120 Å². The summed E-state index contributed by atoms with van der Waals surface area (Å²) in [4.78, 5) is 35.7. The van der Waals surface area contributed by atoms with Crippen LogP contribution in [0.15, 0.2) is 42.7 Å². The average Bonchev–Trinajstić information content (AvgIpc) is 2.72. The van der Waals surface area contributed by atoms with Gasteiger partial charge in [-0.2, -0.15) is 0 Å². The van der Waals surface area contributed by atoms with Gasteiger partial charge >= 0.3 is 18.0 Å². The van der Waals surface area contributed by atoms with E-state index in [1.165, 1.54) is 0 Å². The van der Waals surface area contributed by atoms with E-state index >= 15 is 0 Å². The number of nitrogens with one attached hydrogen (secondary N) is 1. The number of carboxylic acids is 1. The van der Waals surface area contributed by atoms with Crippen molar-refractivity contribution >= 4 is 18.0 Å². The highest BCUT2D eigenvalue weighted by molar-refractivity contribution is 5.81. The maximum absolute atomic E-state index is 12.7. The maximum atomic E-state index is 12.7. The van der Waals surface area contributed by atoms with E-state index in [9.17, 15) is 14.4 Å². The molecule has 1 saturated heterocycles. The number of aliphatic carboxylic acids is 1. The fraction of sp³-hybridized carbons (Fsp3) is 0.522. The molecule has 4 atom stereocenters. The zero-order valence-corrected chi connectivity index (χ0v) is 18.8. The molecule has 0 radical (unpaired) electrons. The summed E-state index contributed by atoms with van der Waals surface area (Å²) in [6, 6.07) is 8.59. The normalized spacial score (nSPS) is 24.6.